The van der Waals surface area contributed by atoms with Gasteiger partial charge in [-0.05, 0) is 12.3 Å². The summed E-state index contributed by atoms with van der Waals surface area (Å²) in [6, 6.07) is 0. The van der Waals surface area contributed by atoms with E-state index in [2.05, 4.69) is 26.5 Å². The maximum Gasteiger partial charge on any atom is 0.0967 e. The summed E-state index contributed by atoms with van der Waals surface area (Å²) in [5.41, 5.74) is -0.431. The predicted molar refractivity (Wildman–Crippen MR) is 34.4 cm³/mol. The summed E-state index contributed by atoms with van der Waals surface area (Å²) in [7, 11) is 0. The minimum absolute atomic E-state index is 0.431. The molecular weight excluding hydrogens is 108 g/mol. The molecule has 0 heterocycles. The van der Waals surface area contributed by atoms with Gasteiger partial charge in [0.15, 0.2) is 0 Å². The molecule has 0 saturated heterocycles. The van der Waals surface area contributed by atoms with Crippen molar-refractivity contribution in [3.05, 3.63) is 0 Å². The summed E-state index contributed by atoms with van der Waals surface area (Å²) in [4.78, 5) is 0. The lowest BCUT2D eigenvalue weighted by molar-refractivity contribution is 0.235. The molecule has 0 unspecified atom stereocenters. The molecule has 44 valence electrons. The van der Waals surface area contributed by atoms with Gasteiger partial charge in [0, 0.05) is 0 Å². The van der Waals surface area contributed by atoms with E-state index in [0.717, 1.165) is 6.42 Å². The van der Waals surface area contributed by atoms with Gasteiger partial charge >= 0.3 is 0 Å². The maximum absolute atomic E-state index is 8.59. The van der Waals surface area contributed by atoms with Crippen LogP contribution in [0.5, 0.6) is 0 Å². The third-order valence-corrected chi connectivity index (χ3v) is 0.893. The topological polar surface area (TPSA) is 20.2 Å². The highest BCUT2D eigenvalue weighted by molar-refractivity contribution is 7.80. The first-order chi connectivity index (χ1) is 3.13. The Morgan fingerprint density at radius 3 is 2.00 bits per heavy atom. The highest BCUT2D eigenvalue weighted by atomic mass is 32.1. The molecule has 0 aliphatic carbocycles. The fourth-order valence-corrected chi connectivity index (χ4v) is 0.843. The van der Waals surface area contributed by atoms with Crippen LogP contribution in [0.2, 0.25) is 0 Å². The zero-order valence-corrected chi connectivity index (χ0v) is 5.65. The average Bonchev–Trinajstić information content (AvgIpc) is 1.27. The Morgan fingerprint density at radius 2 is 2.00 bits per heavy atom. The quantitative estimate of drug-likeness (QED) is 0.415. The molecule has 1 N–H and O–H groups in total. The molecule has 0 aliphatic heterocycles. The van der Waals surface area contributed by atoms with Gasteiger partial charge < -0.3 is 5.11 Å². The molecule has 2 heteroatoms. The third-order valence-electron chi connectivity index (χ3n) is 0.682. The van der Waals surface area contributed by atoms with Crippen LogP contribution in [-0.4, -0.2) is 10.5 Å². The lowest BCUT2D eigenvalue weighted by atomic mass is 10.1. The lowest BCUT2D eigenvalue weighted by Gasteiger charge is -2.04. The Labute approximate surface area is 50.1 Å². The summed E-state index contributed by atoms with van der Waals surface area (Å²) in [5.74, 6) is 0.549. The van der Waals surface area contributed by atoms with E-state index in [1.807, 2.05) is 0 Å². The summed E-state index contributed by atoms with van der Waals surface area (Å²) in [6.45, 7) is 4.11. The second-order valence-electron chi connectivity index (χ2n) is 2.11. The molecule has 0 aromatic heterocycles. The molecule has 0 rings (SSSR count). The van der Waals surface area contributed by atoms with Crippen molar-refractivity contribution in [3.8, 4) is 0 Å². The Kier molecular flexibility index (Phi) is 3.48. The van der Waals surface area contributed by atoms with E-state index in [0.29, 0.717) is 5.92 Å². The van der Waals surface area contributed by atoms with Crippen molar-refractivity contribution >= 4 is 12.6 Å². The van der Waals surface area contributed by atoms with Gasteiger partial charge in [0.25, 0.3) is 0 Å². The van der Waals surface area contributed by atoms with E-state index in [-0.39, 0.29) is 0 Å². The Bertz CT molecular complexity index is 37.3. The minimum atomic E-state index is -0.431. The van der Waals surface area contributed by atoms with Crippen molar-refractivity contribution in [2.24, 2.45) is 5.92 Å². The zero-order valence-electron chi connectivity index (χ0n) is 4.76. The molecule has 1 atom stereocenters. The molecule has 0 aromatic carbocycles. The first-order valence-corrected chi connectivity index (χ1v) is 3.00. The van der Waals surface area contributed by atoms with Gasteiger partial charge in [-0.2, -0.15) is 0 Å². The summed E-state index contributed by atoms with van der Waals surface area (Å²) < 4.78 is 0. The molecule has 0 amide bonds. The van der Waals surface area contributed by atoms with Crippen molar-refractivity contribution in [3.63, 3.8) is 0 Å². The maximum atomic E-state index is 8.59. The molecule has 0 fully saturated rings. The lowest BCUT2D eigenvalue weighted by Crippen LogP contribution is -2.00. The first-order valence-electron chi connectivity index (χ1n) is 2.49. The van der Waals surface area contributed by atoms with E-state index >= 15 is 0 Å². The van der Waals surface area contributed by atoms with Gasteiger partial charge in [-0.3, -0.25) is 0 Å². The molecule has 0 bridgehead atoms. The highest BCUT2D eigenvalue weighted by Gasteiger charge is 1.98. The van der Waals surface area contributed by atoms with Gasteiger partial charge in [0.1, 0.15) is 0 Å². The molecule has 0 aliphatic rings. The molecular formula is C5H12OS. The van der Waals surface area contributed by atoms with Crippen molar-refractivity contribution < 1.29 is 5.11 Å². The Hall–Kier alpha value is 0.310. The van der Waals surface area contributed by atoms with E-state index < -0.39 is 5.44 Å². The summed E-state index contributed by atoms with van der Waals surface area (Å²) >= 11 is 3.79. The van der Waals surface area contributed by atoms with Crippen LogP contribution in [0.25, 0.3) is 0 Å². The molecule has 0 spiro atoms. The van der Waals surface area contributed by atoms with Crippen LogP contribution in [0.1, 0.15) is 20.3 Å². The van der Waals surface area contributed by atoms with Crippen LogP contribution >= 0.6 is 12.6 Å². The number of aliphatic hydroxyl groups is 1. The van der Waals surface area contributed by atoms with Crippen LogP contribution in [0, 0.1) is 5.92 Å². The number of rotatable bonds is 2. The standard InChI is InChI=1S/C5H12OS/c1-4(2)3-5(6)7/h4-7H,3H2,1-2H3/t5-/m1/s1. The van der Waals surface area contributed by atoms with Crippen LogP contribution in [-0.2, 0) is 0 Å². The molecule has 0 saturated carbocycles. The van der Waals surface area contributed by atoms with Crippen LogP contribution in [0.15, 0.2) is 0 Å². The smallest absolute Gasteiger partial charge is 0.0967 e. The summed E-state index contributed by atoms with van der Waals surface area (Å²) in [6.07, 6.45) is 0.781. The molecule has 7 heavy (non-hydrogen) atoms. The van der Waals surface area contributed by atoms with Crippen molar-refractivity contribution in [2.45, 2.75) is 25.7 Å². The molecule has 0 radical (unpaired) electrons. The van der Waals surface area contributed by atoms with Crippen LogP contribution in [0.3, 0.4) is 0 Å². The van der Waals surface area contributed by atoms with Crippen LogP contribution < -0.4 is 0 Å². The van der Waals surface area contributed by atoms with E-state index in [4.69, 9.17) is 5.11 Å². The van der Waals surface area contributed by atoms with Crippen molar-refractivity contribution in [1.82, 2.24) is 0 Å². The fraction of sp³-hybridized carbons (Fsp3) is 1.00. The molecule has 1 nitrogen and oxygen atoms in total. The van der Waals surface area contributed by atoms with E-state index in [9.17, 15) is 0 Å². The van der Waals surface area contributed by atoms with Crippen molar-refractivity contribution in [1.29, 1.82) is 0 Å². The number of thiol groups is 1. The highest BCUT2D eigenvalue weighted by Crippen LogP contribution is 2.05. The van der Waals surface area contributed by atoms with E-state index in [1.165, 1.54) is 0 Å². The first kappa shape index (κ1) is 7.31. The van der Waals surface area contributed by atoms with Gasteiger partial charge in [0.05, 0.1) is 5.44 Å². The van der Waals surface area contributed by atoms with Gasteiger partial charge in [-0.1, -0.05) is 13.8 Å². The largest absolute Gasteiger partial charge is 0.383 e. The van der Waals surface area contributed by atoms with Gasteiger partial charge in [-0.25, -0.2) is 0 Å². The number of hydrogen-bond donors (Lipinski definition) is 2. The number of aliphatic hydroxyl groups excluding tert-OH is 1. The Morgan fingerprint density at radius 1 is 1.57 bits per heavy atom. The molecule has 0 aromatic rings. The monoisotopic (exact) mass is 120 g/mol. The number of hydrogen-bond acceptors (Lipinski definition) is 2. The second kappa shape index (κ2) is 3.33. The second-order valence-corrected chi connectivity index (χ2v) is 2.71. The predicted octanol–water partition coefficient (Wildman–Crippen LogP) is 1.28. The zero-order chi connectivity index (χ0) is 5.86. The normalized spacial score (nSPS) is 15.0. The average molecular weight is 120 g/mol. The van der Waals surface area contributed by atoms with Crippen molar-refractivity contribution in [2.75, 3.05) is 0 Å². The van der Waals surface area contributed by atoms with Crippen LogP contribution in [0.4, 0.5) is 0 Å². The SMILES string of the molecule is CC(C)C[C@H](O)S. The summed E-state index contributed by atoms with van der Waals surface area (Å²) in [5, 5.41) is 8.59. The van der Waals surface area contributed by atoms with E-state index in [1.54, 1.807) is 0 Å². The Balaban J connectivity index is 2.95. The third kappa shape index (κ3) is 6.31. The van der Waals surface area contributed by atoms with Gasteiger partial charge in [-0.15, -0.1) is 12.6 Å². The van der Waals surface area contributed by atoms with Gasteiger partial charge in [0.2, 0.25) is 0 Å². The fourth-order valence-electron chi connectivity index (χ4n) is 0.422. The minimum Gasteiger partial charge on any atom is -0.383 e.